The molecular formula is C58H35N3S. The van der Waals surface area contributed by atoms with Crippen LogP contribution in [0.1, 0.15) is 0 Å². The largest absolute Gasteiger partial charge is 0.277 e. The second kappa shape index (κ2) is 13.8. The minimum absolute atomic E-state index is 0.648. The summed E-state index contributed by atoms with van der Waals surface area (Å²) in [5.74, 6) is 0.648. The van der Waals surface area contributed by atoms with Crippen molar-refractivity contribution in [1.82, 2.24) is 14.5 Å². The second-order valence-corrected chi connectivity index (χ2v) is 17.2. The number of hydrogen-bond acceptors (Lipinski definition) is 3. The van der Waals surface area contributed by atoms with Gasteiger partial charge in [-0.25, -0.2) is 9.97 Å². The van der Waals surface area contributed by atoms with Gasteiger partial charge in [0.05, 0.1) is 22.2 Å². The van der Waals surface area contributed by atoms with Crippen molar-refractivity contribution in [2.45, 2.75) is 0 Å². The first kappa shape index (κ1) is 34.9. The fraction of sp³-hybridized carbons (Fsp3) is 0. The molecule has 0 aliphatic heterocycles. The predicted molar refractivity (Wildman–Crippen MR) is 264 cm³/mol. The summed E-state index contributed by atoms with van der Waals surface area (Å²) in [4.78, 5) is 10.9. The molecule has 0 amide bonds. The van der Waals surface area contributed by atoms with Crippen LogP contribution in [0, 0.1) is 0 Å². The van der Waals surface area contributed by atoms with Crippen LogP contribution in [-0.4, -0.2) is 14.5 Å². The van der Waals surface area contributed by atoms with Gasteiger partial charge in [-0.15, -0.1) is 11.3 Å². The van der Waals surface area contributed by atoms with E-state index in [-0.39, 0.29) is 0 Å². The van der Waals surface area contributed by atoms with Crippen LogP contribution >= 0.6 is 11.3 Å². The minimum atomic E-state index is 0.648. The van der Waals surface area contributed by atoms with Gasteiger partial charge in [-0.1, -0.05) is 182 Å². The molecule has 13 aromatic rings. The van der Waals surface area contributed by atoms with E-state index in [0.29, 0.717) is 5.95 Å². The van der Waals surface area contributed by atoms with Crippen molar-refractivity contribution >= 4 is 85.8 Å². The molecule has 0 N–H and O–H groups in total. The first-order valence-electron chi connectivity index (χ1n) is 21.1. The van der Waals surface area contributed by atoms with Crippen LogP contribution < -0.4 is 0 Å². The number of rotatable bonds is 5. The van der Waals surface area contributed by atoms with Gasteiger partial charge in [0.15, 0.2) is 0 Å². The average molecular weight is 806 g/mol. The maximum atomic E-state index is 5.52. The number of fused-ring (bicyclic) bond motifs is 12. The van der Waals surface area contributed by atoms with Crippen LogP contribution in [0.15, 0.2) is 212 Å². The van der Waals surface area contributed by atoms with E-state index < -0.39 is 0 Å². The Balaban J connectivity index is 1.06. The number of para-hydroxylation sites is 2. The SMILES string of the molecule is c1ccc(-c2nc(-n3c4c(-c5cccc(-c6cccc(-c7ccc8c(c7)sc7ccccc78)c6)c5)cccc4c4c5ccccc5c5ccccc5c43)nc3ccccc23)cc1. The molecule has 0 aliphatic carbocycles. The van der Waals surface area contributed by atoms with Crippen LogP contribution in [0.4, 0.5) is 0 Å². The van der Waals surface area contributed by atoms with Crippen LogP contribution in [0.2, 0.25) is 0 Å². The molecule has 13 rings (SSSR count). The molecule has 0 fully saturated rings. The molecule has 0 unspecified atom stereocenters. The highest BCUT2D eigenvalue weighted by atomic mass is 32.1. The predicted octanol–water partition coefficient (Wildman–Crippen LogP) is 16.1. The number of hydrogen-bond donors (Lipinski definition) is 0. The van der Waals surface area contributed by atoms with Crippen LogP contribution in [0.3, 0.4) is 0 Å². The highest BCUT2D eigenvalue weighted by molar-refractivity contribution is 7.25. The molecule has 3 aromatic heterocycles. The molecule has 0 atom stereocenters. The zero-order chi connectivity index (χ0) is 40.7. The quantitative estimate of drug-likeness (QED) is 0.162. The van der Waals surface area contributed by atoms with E-state index in [4.69, 9.17) is 9.97 Å². The third-order valence-electron chi connectivity index (χ3n) is 12.6. The number of aromatic nitrogens is 3. The summed E-state index contributed by atoms with van der Waals surface area (Å²) >= 11 is 1.86. The van der Waals surface area contributed by atoms with Crippen molar-refractivity contribution in [3.05, 3.63) is 212 Å². The Morgan fingerprint density at radius 1 is 0.323 bits per heavy atom. The van der Waals surface area contributed by atoms with E-state index in [1.807, 2.05) is 11.3 Å². The molecule has 62 heavy (non-hydrogen) atoms. The van der Waals surface area contributed by atoms with Gasteiger partial charge < -0.3 is 0 Å². The van der Waals surface area contributed by atoms with Gasteiger partial charge >= 0.3 is 0 Å². The summed E-state index contributed by atoms with van der Waals surface area (Å²) in [5.41, 5.74) is 12.1. The summed E-state index contributed by atoms with van der Waals surface area (Å²) < 4.78 is 4.99. The van der Waals surface area contributed by atoms with E-state index in [9.17, 15) is 0 Å². The highest BCUT2D eigenvalue weighted by Crippen LogP contribution is 2.46. The van der Waals surface area contributed by atoms with E-state index >= 15 is 0 Å². The lowest BCUT2D eigenvalue weighted by Gasteiger charge is -2.15. The van der Waals surface area contributed by atoms with Crippen molar-refractivity contribution < 1.29 is 0 Å². The van der Waals surface area contributed by atoms with Gasteiger partial charge in [0, 0.05) is 52.8 Å². The molecule has 0 saturated carbocycles. The fourth-order valence-corrected chi connectivity index (χ4v) is 10.9. The molecule has 0 saturated heterocycles. The summed E-state index contributed by atoms with van der Waals surface area (Å²) in [5, 5.41) is 10.9. The van der Waals surface area contributed by atoms with Gasteiger partial charge in [0.25, 0.3) is 0 Å². The number of nitrogens with zero attached hydrogens (tertiary/aromatic N) is 3. The molecule has 3 heterocycles. The smallest absolute Gasteiger partial charge is 0.235 e. The van der Waals surface area contributed by atoms with Gasteiger partial charge in [-0.2, -0.15) is 0 Å². The Morgan fingerprint density at radius 3 is 1.66 bits per heavy atom. The fourth-order valence-electron chi connectivity index (χ4n) is 9.79. The van der Waals surface area contributed by atoms with Crippen LogP contribution in [0.5, 0.6) is 0 Å². The monoisotopic (exact) mass is 805 g/mol. The highest BCUT2D eigenvalue weighted by Gasteiger charge is 2.24. The summed E-state index contributed by atoms with van der Waals surface area (Å²) in [6, 6.07) is 76.8. The summed E-state index contributed by atoms with van der Waals surface area (Å²) in [6.07, 6.45) is 0. The third-order valence-corrected chi connectivity index (χ3v) is 13.7. The Labute approximate surface area is 361 Å². The van der Waals surface area contributed by atoms with Crippen molar-refractivity contribution in [2.24, 2.45) is 0 Å². The van der Waals surface area contributed by atoms with Crippen LogP contribution in [-0.2, 0) is 0 Å². The van der Waals surface area contributed by atoms with Gasteiger partial charge in [0.1, 0.15) is 0 Å². The van der Waals surface area contributed by atoms with E-state index in [1.54, 1.807) is 0 Å². The van der Waals surface area contributed by atoms with Crippen molar-refractivity contribution in [1.29, 1.82) is 0 Å². The van der Waals surface area contributed by atoms with Crippen LogP contribution in [0.25, 0.3) is 125 Å². The van der Waals surface area contributed by atoms with Gasteiger partial charge in [-0.3, -0.25) is 4.57 Å². The molecule has 4 heteroatoms. The first-order chi connectivity index (χ1) is 30.7. The maximum absolute atomic E-state index is 5.52. The van der Waals surface area contributed by atoms with E-state index in [0.717, 1.165) is 49.9 Å². The lowest BCUT2D eigenvalue weighted by molar-refractivity contribution is 1.02. The topological polar surface area (TPSA) is 30.7 Å². The normalized spacial score (nSPS) is 11.9. The Morgan fingerprint density at radius 2 is 0.871 bits per heavy atom. The Kier molecular flexibility index (Phi) is 7.78. The van der Waals surface area contributed by atoms with Crippen molar-refractivity contribution in [3.8, 4) is 50.6 Å². The molecule has 0 radical (unpaired) electrons. The van der Waals surface area contributed by atoms with Gasteiger partial charge in [-0.05, 0) is 74.3 Å². The van der Waals surface area contributed by atoms with Gasteiger partial charge in [0.2, 0.25) is 5.95 Å². The first-order valence-corrected chi connectivity index (χ1v) is 21.9. The maximum Gasteiger partial charge on any atom is 0.235 e. The zero-order valence-electron chi connectivity index (χ0n) is 33.5. The molecule has 0 aliphatic rings. The molecule has 3 nitrogen and oxygen atoms in total. The van der Waals surface area contributed by atoms with E-state index in [1.165, 1.54) is 69.2 Å². The molecule has 288 valence electrons. The molecule has 10 aromatic carbocycles. The summed E-state index contributed by atoms with van der Waals surface area (Å²) in [6.45, 7) is 0. The van der Waals surface area contributed by atoms with Crippen molar-refractivity contribution in [2.75, 3.05) is 0 Å². The lowest BCUT2D eigenvalue weighted by atomic mass is 9.94. The third kappa shape index (κ3) is 5.37. The molecule has 0 bridgehead atoms. The zero-order valence-corrected chi connectivity index (χ0v) is 34.3. The second-order valence-electron chi connectivity index (χ2n) is 16.1. The Hall–Kier alpha value is -7.92. The lowest BCUT2D eigenvalue weighted by Crippen LogP contribution is -2.04. The van der Waals surface area contributed by atoms with Crippen molar-refractivity contribution in [3.63, 3.8) is 0 Å². The molecular weight excluding hydrogens is 771 g/mol. The standard InChI is InChI=1S/C58H35N3S/c1-2-15-36(16-3-1)55-49-26-8-10-29-51(49)59-58(60-55)61-56-42(27-14-28-50(56)54-47-24-6-4-21-43(47)44-22-5-7-25-48(44)57(54)61)41-20-13-19-39(34-41)37-17-12-18-38(33-37)40-31-32-46-45-23-9-11-30-52(45)62-53(46)35-40/h1-35H. The van der Waals surface area contributed by atoms with E-state index in [2.05, 4.69) is 217 Å². The molecule has 0 spiro atoms. The number of thiophene rings is 1. The number of benzene rings is 10. The Bertz CT molecular complexity index is 3930. The summed E-state index contributed by atoms with van der Waals surface area (Å²) in [7, 11) is 0. The minimum Gasteiger partial charge on any atom is -0.277 e. The average Bonchev–Trinajstić information content (AvgIpc) is 3.90.